The number of halogens is 2. The second-order valence-corrected chi connectivity index (χ2v) is 4.64. The molecule has 1 aromatic carbocycles. The maximum absolute atomic E-state index is 13.7. The highest BCUT2D eigenvalue weighted by Crippen LogP contribution is 2.30. The fraction of sp³-hybridized carbons (Fsp3) is 0.0833. The fourth-order valence-corrected chi connectivity index (χ4v) is 1.95. The van der Waals surface area contributed by atoms with Crippen LogP contribution in [0.15, 0.2) is 23.7 Å². The van der Waals surface area contributed by atoms with Crippen molar-refractivity contribution < 1.29 is 9.13 Å². The molecule has 4 nitrogen and oxygen atoms in total. The zero-order valence-corrected chi connectivity index (χ0v) is 11.2. The minimum Gasteiger partial charge on any atom is -0.479 e. The molecule has 0 aliphatic carbocycles. The lowest BCUT2D eigenvalue weighted by Crippen LogP contribution is -2.10. The van der Waals surface area contributed by atoms with Crippen molar-refractivity contribution in [2.45, 2.75) is 0 Å². The summed E-state index contributed by atoms with van der Waals surface area (Å²) in [5.41, 5.74) is 5.64. The molecule has 19 heavy (non-hydrogen) atoms. The van der Waals surface area contributed by atoms with Crippen LogP contribution >= 0.6 is 22.9 Å². The number of hydrogen-bond acceptors (Lipinski definition) is 5. The van der Waals surface area contributed by atoms with Crippen LogP contribution in [0.2, 0.25) is 5.02 Å². The molecule has 1 aromatic heterocycles. The molecule has 0 amide bonds. The van der Waals surface area contributed by atoms with Crippen molar-refractivity contribution in [2.24, 2.45) is 0 Å². The second-order valence-electron chi connectivity index (χ2n) is 3.34. The maximum atomic E-state index is 13.7. The summed E-state index contributed by atoms with van der Waals surface area (Å²) >= 11 is 7.22. The predicted octanol–water partition coefficient (Wildman–Crippen LogP) is 3.39. The Bertz CT molecular complexity index is 598. The van der Waals surface area contributed by atoms with Gasteiger partial charge in [0.1, 0.15) is 18.2 Å². The summed E-state index contributed by atoms with van der Waals surface area (Å²) in [6.45, 7) is 0.0602. The van der Waals surface area contributed by atoms with Gasteiger partial charge in [-0.05, 0) is 6.07 Å². The Labute approximate surface area is 118 Å². The number of terminal acetylenes is 1. The summed E-state index contributed by atoms with van der Waals surface area (Å²) < 4.78 is 18.9. The molecule has 0 radical (unpaired) electrons. The van der Waals surface area contributed by atoms with Gasteiger partial charge >= 0.3 is 0 Å². The first-order valence-corrected chi connectivity index (χ1v) is 6.43. The third-order valence-electron chi connectivity index (χ3n) is 2.07. The van der Waals surface area contributed by atoms with Gasteiger partial charge in [-0.15, -0.1) is 17.8 Å². The Kier molecular flexibility index (Phi) is 4.44. The van der Waals surface area contributed by atoms with Crippen LogP contribution in [-0.2, 0) is 0 Å². The Morgan fingerprint density at radius 1 is 1.47 bits per heavy atom. The minimum absolute atomic E-state index is 0.0602. The van der Waals surface area contributed by atoms with E-state index in [0.29, 0.717) is 10.9 Å². The van der Waals surface area contributed by atoms with Crippen LogP contribution in [0.1, 0.15) is 0 Å². The molecule has 7 heteroatoms. The van der Waals surface area contributed by atoms with Crippen LogP contribution < -0.4 is 15.6 Å². The number of hydrogen-bond donors (Lipinski definition) is 2. The topological polar surface area (TPSA) is 46.2 Å². The van der Waals surface area contributed by atoms with Gasteiger partial charge in [-0.3, -0.25) is 10.9 Å². The van der Waals surface area contributed by atoms with Crippen LogP contribution in [0.5, 0.6) is 5.75 Å². The molecule has 0 fully saturated rings. The largest absolute Gasteiger partial charge is 0.479 e. The first-order valence-electron chi connectivity index (χ1n) is 5.17. The molecule has 0 saturated heterocycles. The highest BCUT2D eigenvalue weighted by Gasteiger charge is 2.09. The number of benzene rings is 1. The van der Waals surface area contributed by atoms with Crippen molar-refractivity contribution in [3.8, 4) is 18.1 Å². The van der Waals surface area contributed by atoms with Crippen molar-refractivity contribution in [1.82, 2.24) is 4.98 Å². The number of aromatic nitrogens is 1. The number of thiazole rings is 1. The van der Waals surface area contributed by atoms with E-state index in [9.17, 15) is 4.39 Å². The Balaban J connectivity index is 2.13. The first kappa shape index (κ1) is 13.5. The molecule has 2 rings (SSSR count). The summed E-state index contributed by atoms with van der Waals surface area (Å²) in [5, 5.41) is 2.57. The lowest BCUT2D eigenvalue weighted by atomic mass is 10.3. The molecule has 1 heterocycles. The zero-order valence-electron chi connectivity index (χ0n) is 9.61. The second kappa shape index (κ2) is 6.27. The van der Waals surface area contributed by atoms with E-state index in [4.69, 9.17) is 22.8 Å². The maximum Gasteiger partial charge on any atom is 0.201 e. The third-order valence-corrected chi connectivity index (χ3v) is 3.05. The average molecular weight is 298 g/mol. The number of ether oxygens (including phenoxy) is 1. The van der Waals surface area contributed by atoms with Crippen molar-refractivity contribution in [1.29, 1.82) is 0 Å². The number of nitrogens with zero attached hydrogens (tertiary/aromatic N) is 1. The third kappa shape index (κ3) is 3.50. The molecule has 0 aliphatic heterocycles. The molecule has 0 saturated carbocycles. The first-order chi connectivity index (χ1) is 9.20. The summed E-state index contributed by atoms with van der Waals surface area (Å²) in [7, 11) is 0. The highest BCUT2D eigenvalue weighted by atomic mass is 35.5. The Morgan fingerprint density at radius 2 is 2.32 bits per heavy atom. The van der Waals surface area contributed by atoms with E-state index < -0.39 is 5.82 Å². The molecule has 0 spiro atoms. The standard InChI is InChI=1S/C12H9ClFN3OS/c1-2-4-18-11-7-10(9(14)6-8(11)13)16-17-12-15-3-5-19-12/h1,3,5-7,16H,4H2,(H,15,17). The highest BCUT2D eigenvalue weighted by molar-refractivity contribution is 7.13. The molecule has 0 bridgehead atoms. The van der Waals surface area contributed by atoms with Gasteiger partial charge in [-0.1, -0.05) is 17.5 Å². The van der Waals surface area contributed by atoms with Gasteiger partial charge in [0, 0.05) is 17.6 Å². The number of anilines is 2. The Hall–Kier alpha value is -1.97. The summed E-state index contributed by atoms with van der Waals surface area (Å²) in [6.07, 6.45) is 6.72. The summed E-state index contributed by atoms with van der Waals surface area (Å²) in [6, 6.07) is 2.58. The SMILES string of the molecule is C#CCOc1cc(NNc2nccs2)c(F)cc1Cl. The average Bonchev–Trinajstić information content (AvgIpc) is 2.90. The molecule has 0 aliphatic rings. The monoisotopic (exact) mass is 297 g/mol. The lowest BCUT2D eigenvalue weighted by molar-refractivity contribution is 0.370. The van der Waals surface area contributed by atoms with Crippen LogP contribution in [0.4, 0.5) is 15.2 Å². The van der Waals surface area contributed by atoms with Crippen LogP contribution in [-0.4, -0.2) is 11.6 Å². The van der Waals surface area contributed by atoms with Gasteiger partial charge in [-0.2, -0.15) is 0 Å². The minimum atomic E-state index is -0.512. The molecule has 98 valence electrons. The van der Waals surface area contributed by atoms with Crippen LogP contribution in [0.25, 0.3) is 0 Å². The van der Waals surface area contributed by atoms with E-state index in [2.05, 4.69) is 21.8 Å². The molecule has 2 N–H and O–H groups in total. The van der Waals surface area contributed by atoms with E-state index in [0.717, 1.165) is 6.07 Å². The van der Waals surface area contributed by atoms with E-state index in [-0.39, 0.29) is 17.3 Å². The molecule has 0 unspecified atom stereocenters. The molecular formula is C12H9ClFN3OS. The molecular weight excluding hydrogens is 289 g/mol. The van der Waals surface area contributed by atoms with Crippen LogP contribution in [0, 0.1) is 18.2 Å². The van der Waals surface area contributed by atoms with Gasteiger partial charge in [0.25, 0.3) is 0 Å². The van der Waals surface area contributed by atoms with Gasteiger partial charge in [0.2, 0.25) is 5.13 Å². The van der Waals surface area contributed by atoms with E-state index >= 15 is 0 Å². The lowest BCUT2D eigenvalue weighted by Gasteiger charge is -2.11. The fourth-order valence-electron chi connectivity index (χ4n) is 1.26. The summed E-state index contributed by atoms with van der Waals surface area (Å²) in [5.74, 6) is 2.11. The van der Waals surface area contributed by atoms with Crippen molar-refractivity contribution in [2.75, 3.05) is 17.5 Å². The van der Waals surface area contributed by atoms with Crippen molar-refractivity contribution in [3.05, 3.63) is 34.5 Å². The zero-order chi connectivity index (χ0) is 13.7. The van der Waals surface area contributed by atoms with Gasteiger partial charge in [0.15, 0.2) is 0 Å². The van der Waals surface area contributed by atoms with E-state index in [1.54, 1.807) is 11.6 Å². The van der Waals surface area contributed by atoms with Gasteiger partial charge in [-0.25, -0.2) is 9.37 Å². The normalized spacial score (nSPS) is 9.74. The quantitative estimate of drug-likeness (QED) is 0.656. The number of rotatable bonds is 5. The Morgan fingerprint density at radius 3 is 3.00 bits per heavy atom. The van der Waals surface area contributed by atoms with Crippen molar-refractivity contribution in [3.63, 3.8) is 0 Å². The van der Waals surface area contributed by atoms with Crippen molar-refractivity contribution >= 4 is 33.8 Å². The summed E-state index contributed by atoms with van der Waals surface area (Å²) in [4.78, 5) is 3.99. The smallest absolute Gasteiger partial charge is 0.201 e. The van der Waals surface area contributed by atoms with Gasteiger partial charge in [0.05, 0.1) is 10.7 Å². The van der Waals surface area contributed by atoms with E-state index in [1.165, 1.54) is 17.4 Å². The number of nitrogens with one attached hydrogen (secondary N) is 2. The van der Waals surface area contributed by atoms with E-state index in [1.807, 2.05) is 0 Å². The van der Waals surface area contributed by atoms with Crippen LogP contribution in [0.3, 0.4) is 0 Å². The molecule has 0 atom stereocenters. The number of hydrazine groups is 1. The predicted molar refractivity (Wildman–Crippen MR) is 75.1 cm³/mol. The molecule has 2 aromatic rings. The van der Waals surface area contributed by atoms with Gasteiger partial charge < -0.3 is 4.74 Å².